The van der Waals surface area contributed by atoms with Crippen LogP contribution in [0.3, 0.4) is 0 Å². The van der Waals surface area contributed by atoms with Crippen LogP contribution in [0.1, 0.15) is 18.5 Å². The van der Waals surface area contributed by atoms with Crippen molar-refractivity contribution >= 4 is 21.6 Å². The van der Waals surface area contributed by atoms with Crippen LogP contribution in [-0.4, -0.2) is 12.2 Å². The molecule has 0 spiro atoms. The summed E-state index contributed by atoms with van der Waals surface area (Å²) in [5, 5.41) is 13.3. The van der Waals surface area contributed by atoms with Gasteiger partial charge in [-0.25, -0.2) is 0 Å². The summed E-state index contributed by atoms with van der Waals surface area (Å²) in [7, 11) is 1.61. The van der Waals surface area contributed by atoms with Crippen LogP contribution in [0, 0.1) is 0 Å². The van der Waals surface area contributed by atoms with Gasteiger partial charge in [-0.05, 0) is 49.4 Å². The number of ether oxygens (including phenoxy) is 1. The van der Waals surface area contributed by atoms with E-state index in [9.17, 15) is 5.11 Å². The first-order valence-corrected chi connectivity index (χ1v) is 6.78. The SMILES string of the molecule is COc1ccc(O)c(C(C)Nc2ccc(Br)cc2)c1. The summed E-state index contributed by atoms with van der Waals surface area (Å²) in [6, 6.07) is 13.1. The quantitative estimate of drug-likeness (QED) is 0.880. The second kappa shape index (κ2) is 5.97. The molecule has 2 N–H and O–H groups in total. The molecule has 100 valence electrons. The Balaban J connectivity index is 2.19. The molecule has 1 atom stereocenters. The number of phenols is 1. The third-order valence-corrected chi connectivity index (χ3v) is 3.46. The van der Waals surface area contributed by atoms with Crippen molar-refractivity contribution in [2.24, 2.45) is 0 Å². The molecule has 3 nitrogen and oxygen atoms in total. The van der Waals surface area contributed by atoms with Gasteiger partial charge in [0.2, 0.25) is 0 Å². The summed E-state index contributed by atoms with van der Waals surface area (Å²) >= 11 is 3.40. The molecule has 0 aliphatic rings. The van der Waals surface area contributed by atoms with Crippen molar-refractivity contribution < 1.29 is 9.84 Å². The van der Waals surface area contributed by atoms with Gasteiger partial charge < -0.3 is 15.2 Å². The maximum Gasteiger partial charge on any atom is 0.121 e. The molecule has 2 aromatic rings. The van der Waals surface area contributed by atoms with Crippen LogP contribution in [0.5, 0.6) is 11.5 Å². The lowest BCUT2D eigenvalue weighted by molar-refractivity contribution is 0.410. The predicted molar refractivity (Wildman–Crippen MR) is 80.8 cm³/mol. The molecule has 0 aromatic heterocycles. The Labute approximate surface area is 121 Å². The number of halogens is 1. The average molecular weight is 322 g/mol. The molecule has 0 fully saturated rings. The summed E-state index contributed by atoms with van der Waals surface area (Å²) in [5.41, 5.74) is 1.81. The fourth-order valence-corrected chi connectivity index (χ4v) is 2.14. The summed E-state index contributed by atoms with van der Waals surface area (Å²) in [4.78, 5) is 0. The molecule has 0 saturated carbocycles. The molecule has 0 aliphatic heterocycles. The van der Waals surface area contributed by atoms with Crippen LogP contribution in [-0.2, 0) is 0 Å². The summed E-state index contributed by atoms with van der Waals surface area (Å²) in [6.07, 6.45) is 0. The monoisotopic (exact) mass is 321 g/mol. The number of rotatable bonds is 4. The zero-order valence-corrected chi connectivity index (χ0v) is 12.4. The molecule has 0 heterocycles. The highest BCUT2D eigenvalue weighted by Crippen LogP contribution is 2.30. The lowest BCUT2D eigenvalue weighted by atomic mass is 10.1. The van der Waals surface area contributed by atoms with E-state index < -0.39 is 0 Å². The number of hydrogen-bond donors (Lipinski definition) is 2. The second-order valence-corrected chi connectivity index (χ2v) is 5.21. The van der Waals surface area contributed by atoms with E-state index in [-0.39, 0.29) is 11.8 Å². The Morgan fingerprint density at radius 1 is 1.16 bits per heavy atom. The fraction of sp³-hybridized carbons (Fsp3) is 0.200. The van der Waals surface area contributed by atoms with Crippen LogP contribution in [0.25, 0.3) is 0 Å². The number of nitrogens with one attached hydrogen (secondary N) is 1. The van der Waals surface area contributed by atoms with Crippen molar-refractivity contribution in [2.75, 3.05) is 12.4 Å². The van der Waals surface area contributed by atoms with Crippen molar-refractivity contribution in [2.45, 2.75) is 13.0 Å². The van der Waals surface area contributed by atoms with Crippen LogP contribution in [0.4, 0.5) is 5.69 Å². The van der Waals surface area contributed by atoms with Gasteiger partial charge in [0.05, 0.1) is 13.2 Å². The standard InChI is InChI=1S/C15H16BrNO2/c1-10(17-12-5-3-11(16)4-6-12)14-9-13(19-2)7-8-15(14)18/h3-10,17-18H,1-2H3. The predicted octanol–water partition coefficient (Wildman–Crippen LogP) is 4.34. The van der Waals surface area contributed by atoms with Crippen LogP contribution in [0.15, 0.2) is 46.9 Å². The van der Waals surface area contributed by atoms with Crippen LogP contribution >= 0.6 is 15.9 Å². The van der Waals surface area contributed by atoms with Gasteiger partial charge >= 0.3 is 0 Å². The number of hydrogen-bond acceptors (Lipinski definition) is 3. The van der Waals surface area contributed by atoms with E-state index in [4.69, 9.17) is 4.74 Å². The minimum atomic E-state index is -0.0173. The lowest BCUT2D eigenvalue weighted by Gasteiger charge is -2.17. The molecule has 4 heteroatoms. The minimum Gasteiger partial charge on any atom is -0.508 e. The van der Waals surface area contributed by atoms with E-state index in [1.54, 1.807) is 19.2 Å². The molecular formula is C15H16BrNO2. The van der Waals surface area contributed by atoms with Crippen LogP contribution < -0.4 is 10.1 Å². The molecule has 1 unspecified atom stereocenters. The van der Waals surface area contributed by atoms with E-state index in [2.05, 4.69) is 21.2 Å². The Bertz CT molecular complexity index is 555. The average Bonchev–Trinajstić information content (AvgIpc) is 2.42. The smallest absolute Gasteiger partial charge is 0.121 e. The number of methoxy groups -OCH3 is 1. The van der Waals surface area contributed by atoms with Crippen LogP contribution in [0.2, 0.25) is 0 Å². The molecular weight excluding hydrogens is 306 g/mol. The Morgan fingerprint density at radius 2 is 1.84 bits per heavy atom. The van der Waals surface area contributed by atoms with Gasteiger partial charge in [0.1, 0.15) is 11.5 Å². The maximum absolute atomic E-state index is 9.92. The van der Waals surface area contributed by atoms with E-state index >= 15 is 0 Å². The van der Waals surface area contributed by atoms with Gasteiger partial charge in [-0.1, -0.05) is 15.9 Å². The molecule has 0 bridgehead atoms. The zero-order valence-electron chi connectivity index (χ0n) is 10.9. The summed E-state index contributed by atoms with van der Waals surface area (Å²) in [5.74, 6) is 0.996. The Kier molecular flexibility index (Phi) is 4.32. The Morgan fingerprint density at radius 3 is 2.47 bits per heavy atom. The molecule has 2 rings (SSSR count). The fourth-order valence-electron chi connectivity index (χ4n) is 1.88. The highest BCUT2D eigenvalue weighted by Gasteiger charge is 2.11. The van der Waals surface area contributed by atoms with Crippen molar-refractivity contribution in [3.63, 3.8) is 0 Å². The van der Waals surface area contributed by atoms with Crippen molar-refractivity contribution in [3.8, 4) is 11.5 Å². The van der Waals surface area contributed by atoms with Gasteiger partial charge in [0.25, 0.3) is 0 Å². The summed E-state index contributed by atoms with van der Waals surface area (Å²) in [6.45, 7) is 2.00. The maximum atomic E-state index is 9.92. The van der Waals surface area contributed by atoms with E-state index in [0.717, 1.165) is 21.5 Å². The molecule has 0 amide bonds. The number of aromatic hydroxyl groups is 1. The Hall–Kier alpha value is -1.68. The van der Waals surface area contributed by atoms with E-state index in [1.807, 2.05) is 37.3 Å². The zero-order chi connectivity index (χ0) is 13.8. The minimum absolute atomic E-state index is 0.0173. The van der Waals surface area contributed by atoms with Gasteiger partial charge in [0, 0.05) is 15.7 Å². The second-order valence-electron chi connectivity index (χ2n) is 4.30. The van der Waals surface area contributed by atoms with Gasteiger partial charge in [-0.2, -0.15) is 0 Å². The number of benzene rings is 2. The highest BCUT2D eigenvalue weighted by molar-refractivity contribution is 9.10. The first-order valence-electron chi connectivity index (χ1n) is 5.99. The van der Waals surface area contributed by atoms with Crippen molar-refractivity contribution in [1.82, 2.24) is 0 Å². The van der Waals surface area contributed by atoms with Gasteiger partial charge in [-0.3, -0.25) is 0 Å². The van der Waals surface area contributed by atoms with Gasteiger partial charge in [-0.15, -0.1) is 0 Å². The first kappa shape index (κ1) is 13.7. The third kappa shape index (κ3) is 3.41. The molecule has 19 heavy (non-hydrogen) atoms. The highest BCUT2D eigenvalue weighted by atomic mass is 79.9. The lowest BCUT2D eigenvalue weighted by Crippen LogP contribution is -2.07. The number of anilines is 1. The first-order chi connectivity index (χ1) is 9.10. The molecule has 0 saturated heterocycles. The number of phenolic OH excluding ortho intramolecular Hbond substituents is 1. The topological polar surface area (TPSA) is 41.5 Å². The van der Waals surface area contributed by atoms with Crippen molar-refractivity contribution in [1.29, 1.82) is 0 Å². The third-order valence-electron chi connectivity index (χ3n) is 2.93. The van der Waals surface area contributed by atoms with E-state index in [1.165, 1.54) is 0 Å². The largest absolute Gasteiger partial charge is 0.508 e. The van der Waals surface area contributed by atoms with E-state index in [0.29, 0.717) is 0 Å². The van der Waals surface area contributed by atoms with Crippen molar-refractivity contribution in [3.05, 3.63) is 52.5 Å². The molecule has 2 aromatic carbocycles. The van der Waals surface area contributed by atoms with Gasteiger partial charge in [0.15, 0.2) is 0 Å². The normalized spacial score (nSPS) is 11.9. The summed E-state index contributed by atoms with van der Waals surface area (Å²) < 4.78 is 6.22. The molecule has 0 radical (unpaired) electrons. The molecule has 0 aliphatic carbocycles.